The lowest BCUT2D eigenvalue weighted by Crippen LogP contribution is -2.42. The van der Waals surface area contributed by atoms with Gasteiger partial charge < -0.3 is 15.4 Å². The Balaban J connectivity index is 1.45. The minimum absolute atomic E-state index is 0.119. The standard InChI is InChI=1S/C21H24F2N2O2S/c22-17-9-7-15(8-10-17)20(19-6-3-12-27-19)25-21(26)24-11-13-28-14-16-4-1-2-5-18(16)23/h1-2,4-5,7-10,19-20H,3,6,11-14H2,(H2,24,25,26). The summed E-state index contributed by atoms with van der Waals surface area (Å²) in [5.74, 6) is 0.707. The van der Waals surface area contributed by atoms with Gasteiger partial charge in [-0.15, -0.1) is 0 Å². The molecule has 3 rings (SSSR count). The molecule has 1 aliphatic rings. The first-order chi connectivity index (χ1) is 13.6. The lowest BCUT2D eigenvalue weighted by atomic mass is 9.99. The van der Waals surface area contributed by atoms with E-state index in [1.165, 1.54) is 18.2 Å². The van der Waals surface area contributed by atoms with E-state index in [1.807, 2.05) is 6.07 Å². The van der Waals surface area contributed by atoms with Crippen LogP contribution in [0.2, 0.25) is 0 Å². The number of rotatable bonds is 8. The van der Waals surface area contributed by atoms with Crippen molar-refractivity contribution in [2.24, 2.45) is 0 Å². The molecule has 150 valence electrons. The van der Waals surface area contributed by atoms with Crippen LogP contribution in [0.4, 0.5) is 13.6 Å². The number of hydrogen-bond donors (Lipinski definition) is 2. The maximum atomic E-state index is 13.6. The summed E-state index contributed by atoms with van der Waals surface area (Å²) in [6, 6.07) is 12.2. The van der Waals surface area contributed by atoms with E-state index in [-0.39, 0.29) is 29.8 Å². The fraction of sp³-hybridized carbons (Fsp3) is 0.381. The van der Waals surface area contributed by atoms with E-state index in [9.17, 15) is 13.6 Å². The number of thioether (sulfide) groups is 1. The van der Waals surface area contributed by atoms with Crippen molar-refractivity contribution >= 4 is 17.8 Å². The summed E-state index contributed by atoms with van der Waals surface area (Å²) in [6.45, 7) is 1.13. The van der Waals surface area contributed by atoms with Crippen molar-refractivity contribution in [2.75, 3.05) is 18.9 Å². The Hall–Kier alpha value is -2.12. The summed E-state index contributed by atoms with van der Waals surface area (Å²) in [7, 11) is 0. The van der Waals surface area contributed by atoms with E-state index in [0.29, 0.717) is 30.2 Å². The summed E-state index contributed by atoms with van der Waals surface area (Å²) in [6.07, 6.45) is 1.67. The Morgan fingerprint density at radius 2 is 1.96 bits per heavy atom. The number of amides is 2. The molecule has 2 unspecified atom stereocenters. The molecule has 0 saturated carbocycles. The van der Waals surface area contributed by atoms with Crippen LogP contribution in [0.5, 0.6) is 0 Å². The third kappa shape index (κ3) is 5.94. The van der Waals surface area contributed by atoms with Gasteiger partial charge in [-0.05, 0) is 42.2 Å². The number of benzene rings is 2. The highest BCUT2D eigenvalue weighted by molar-refractivity contribution is 7.98. The summed E-state index contributed by atoms with van der Waals surface area (Å²) < 4.78 is 32.5. The molecule has 2 aromatic rings. The van der Waals surface area contributed by atoms with Gasteiger partial charge in [0, 0.05) is 24.7 Å². The van der Waals surface area contributed by atoms with Crippen molar-refractivity contribution in [3.8, 4) is 0 Å². The Bertz CT molecular complexity index is 767. The maximum absolute atomic E-state index is 13.6. The highest BCUT2D eigenvalue weighted by Crippen LogP contribution is 2.27. The van der Waals surface area contributed by atoms with Crippen LogP contribution in [-0.2, 0) is 10.5 Å². The second kappa shape index (κ2) is 10.4. The van der Waals surface area contributed by atoms with Gasteiger partial charge in [0.2, 0.25) is 0 Å². The van der Waals surface area contributed by atoms with Gasteiger partial charge in [0.05, 0.1) is 12.1 Å². The lowest BCUT2D eigenvalue weighted by Gasteiger charge is -2.25. The number of carbonyl (C=O) groups is 1. The number of nitrogens with one attached hydrogen (secondary N) is 2. The molecular formula is C21H24F2N2O2S. The Kier molecular flexibility index (Phi) is 7.68. The van der Waals surface area contributed by atoms with Gasteiger partial charge in [0.25, 0.3) is 0 Å². The van der Waals surface area contributed by atoms with Crippen molar-refractivity contribution in [3.05, 3.63) is 71.3 Å². The number of hydrogen-bond acceptors (Lipinski definition) is 3. The highest BCUT2D eigenvalue weighted by atomic mass is 32.2. The average molecular weight is 406 g/mol. The molecule has 1 fully saturated rings. The van der Waals surface area contributed by atoms with Crippen LogP contribution in [0.3, 0.4) is 0 Å². The van der Waals surface area contributed by atoms with E-state index in [4.69, 9.17) is 4.74 Å². The summed E-state index contributed by atoms with van der Waals surface area (Å²) in [5, 5.41) is 5.77. The van der Waals surface area contributed by atoms with Crippen LogP contribution in [-0.4, -0.2) is 31.0 Å². The molecule has 2 N–H and O–H groups in total. The monoisotopic (exact) mass is 406 g/mol. The first-order valence-corrected chi connectivity index (χ1v) is 10.5. The third-order valence-corrected chi connectivity index (χ3v) is 5.61. The molecule has 0 radical (unpaired) electrons. The molecule has 2 aromatic carbocycles. The van der Waals surface area contributed by atoms with Gasteiger partial charge in [-0.25, -0.2) is 13.6 Å². The van der Waals surface area contributed by atoms with Crippen LogP contribution in [0.15, 0.2) is 48.5 Å². The Morgan fingerprint density at radius 3 is 2.68 bits per heavy atom. The molecule has 28 heavy (non-hydrogen) atoms. The molecule has 2 atom stereocenters. The van der Waals surface area contributed by atoms with Crippen molar-refractivity contribution in [1.82, 2.24) is 10.6 Å². The quantitative estimate of drug-likeness (QED) is 0.638. The molecule has 1 aliphatic heterocycles. The topological polar surface area (TPSA) is 50.4 Å². The van der Waals surface area contributed by atoms with Gasteiger partial charge >= 0.3 is 6.03 Å². The van der Waals surface area contributed by atoms with Crippen LogP contribution >= 0.6 is 11.8 Å². The fourth-order valence-corrected chi connectivity index (χ4v) is 4.00. The van der Waals surface area contributed by atoms with E-state index in [1.54, 1.807) is 36.0 Å². The Labute approximate surface area is 168 Å². The second-order valence-corrected chi connectivity index (χ2v) is 7.73. The number of halogens is 2. The van der Waals surface area contributed by atoms with Crippen molar-refractivity contribution in [1.29, 1.82) is 0 Å². The molecule has 0 aromatic heterocycles. The Morgan fingerprint density at radius 1 is 1.18 bits per heavy atom. The van der Waals surface area contributed by atoms with E-state index in [0.717, 1.165) is 18.4 Å². The minimum Gasteiger partial charge on any atom is -0.376 e. The van der Waals surface area contributed by atoms with Crippen LogP contribution in [0, 0.1) is 11.6 Å². The van der Waals surface area contributed by atoms with Gasteiger partial charge in [-0.3, -0.25) is 0 Å². The van der Waals surface area contributed by atoms with E-state index < -0.39 is 0 Å². The maximum Gasteiger partial charge on any atom is 0.315 e. The molecule has 0 spiro atoms. The van der Waals surface area contributed by atoms with Crippen LogP contribution in [0.25, 0.3) is 0 Å². The zero-order valence-electron chi connectivity index (χ0n) is 15.5. The molecule has 4 nitrogen and oxygen atoms in total. The van der Waals surface area contributed by atoms with Crippen LogP contribution < -0.4 is 10.6 Å². The number of ether oxygens (including phenoxy) is 1. The van der Waals surface area contributed by atoms with Crippen molar-refractivity contribution < 1.29 is 18.3 Å². The molecule has 2 amide bonds. The molecular weight excluding hydrogens is 382 g/mol. The largest absolute Gasteiger partial charge is 0.376 e. The van der Waals surface area contributed by atoms with Gasteiger partial charge in [0.15, 0.2) is 0 Å². The van der Waals surface area contributed by atoms with Crippen molar-refractivity contribution in [3.63, 3.8) is 0 Å². The first-order valence-electron chi connectivity index (χ1n) is 9.36. The second-order valence-electron chi connectivity index (χ2n) is 6.62. The molecule has 7 heteroatoms. The summed E-state index contributed by atoms with van der Waals surface area (Å²) in [5.41, 5.74) is 1.48. The third-order valence-electron chi connectivity index (χ3n) is 4.60. The molecule has 1 saturated heterocycles. The van der Waals surface area contributed by atoms with Crippen molar-refractivity contribution in [2.45, 2.75) is 30.7 Å². The minimum atomic E-state index is -0.325. The predicted octanol–water partition coefficient (Wildman–Crippen LogP) is 4.42. The molecule has 0 aliphatic carbocycles. The van der Waals surface area contributed by atoms with Gasteiger partial charge in [-0.2, -0.15) is 11.8 Å². The predicted molar refractivity (Wildman–Crippen MR) is 107 cm³/mol. The smallest absolute Gasteiger partial charge is 0.315 e. The van der Waals surface area contributed by atoms with E-state index >= 15 is 0 Å². The van der Waals surface area contributed by atoms with Gasteiger partial charge in [0.1, 0.15) is 11.6 Å². The van der Waals surface area contributed by atoms with E-state index in [2.05, 4.69) is 10.6 Å². The number of urea groups is 1. The normalized spacial score (nSPS) is 17.3. The fourth-order valence-electron chi connectivity index (χ4n) is 3.15. The number of carbonyl (C=O) groups excluding carboxylic acids is 1. The zero-order valence-corrected chi connectivity index (χ0v) is 16.3. The molecule has 1 heterocycles. The summed E-state index contributed by atoms with van der Waals surface area (Å²) >= 11 is 1.56. The highest BCUT2D eigenvalue weighted by Gasteiger charge is 2.28. The summed E-state index contributed by atoms with van der Waals surface area (Å²) in [4.78, 5) is 12.3. The lowest BCUT2D eigenvalue weighted by molar-refractivity contribution is 0.0807. The van der Waals surface area contributed by atoms with Crippen LogP contribution in [0.1, 0.15) is 30.0 Å². The average Bonchev–Trinajstić information content (AvgIpc) is 3.22. The van der Waals surface area contributed by atoms with Gasteiger partial charge in [-0.1, -0.05) is 30.3 Å². The zero-order chi connectivity index (χ0) is 19.8. The first kappa shape index (κ1) is 20.6. The molecule has 0 bridgehead atoms. The SMILES string of the molecule is O=C(NCCSCc1ccccc1F)NC(c1ccc(F)cc1)C1CCCO1.